The van der Waals surface area contributed by atoms with E-state index in [0.717, 1.165) is 12.1 Å². The van der Waals surface area contributed by atoms with Crippen LogP contribution in [0.3, 0.4) is 0 Å². The molecule has 1 atom stereocenters. The van der Waals surface area contributed by atoms with Crippen LogP contribution in [0.1, 0.15) is 18.5 Å². The van der Waals surface area contributed by atoms with Crippen molar-refractivity contribution in [2.45, 2.75) is 24.6 Å². The van der Waals surface area contributed by atoms with Gasteiger partial charge in [0.1, 0.15) is 0 Å². The molecular formula is C11H12F3N3O3. The van der Waals surface area contributed by atoms with Gasteiger partial charge in [0.05, 0.1) is 6.54 Å². The minimum absolute atomic E-state index is 0.0902. The molecule has 2 rings (SSSR count). The first-order valence-corrected chi connectivity index (χ1v) is 5.84. The van der Waals surface area contributed by atoms with Gasteiger partial charge in [-0.2, -0.15) is 13.2 Å². The lowest BCUT2D eigenvalue weighted by Gasteiger charge is -2.36. The van der Waals surface area contributed by atoms with Crippen molar-refractivity contribution in [3.8, 4) is 0 Å². The molecule has 2 heterocycles. The number of nitrogens with zero attached hydrogens (tertiary/aromatic N) is 3. The van der Waals surface area contributed by atoms with Crippen LogP contribution in [0.25, 0.3) is 0 Å². The van der Waals surface area contributed by atoms with Crippen LogP contribution in [0.15, 0.2) is 12.1 Å². The third kappa shape index (κ3) is 2.82. The van der Waals surface area contributed by atoms with Gasteiger partial charge < -0.3 is 15.1 Å². The fourth-order valence-corrected chi connectivity index (χ4v) is 2.05. The molecule has 6 nitrogen and oxygen atoms in total. The minimum atomic E-state index is -4.57. The number of piperidine rings is 1. The molecule has 110 valence electrons. The van der Waals surface area contributed by atoms with Gasteiger partial charge in [-0.25, -0.2) is 4.79 Å². The van der Waals surface area contributed by atoms with E-state index in [0.29, 0.717) is 13.0 Å². The fourth-order valence-electron chi connectivity index (χ4n) is 2.05. The number of rotatable bonds is 2. The lowest BCUT2D eigenvalue weighted by Crippen LogP contribution is -2.53. The lowest BCUT2D eigenvalue weighted by molar-refractivity contribution is -0.159. The van der Waals surface area contributed by atoms with E-state index in [9.17, 15) is 23.1 Å². The van der Waals surface area contributed by atoms with Crippen molar-refractivity contribution < 1.29 is 28.2 Å². The highest BCUT2D eigenvalue weighted by atomic mass is 19.4. The molecule has 1 aliphatic rings. The maximum absolute atomic E-state index is 12.4. The Bertz CT molecular complexity index is 506. The molecule has 0 radical (unpaired) electrons. The van der Waals surface area contributed by atoms with Gasteiger partial charge in [0.15, 0.2) is 17.1 Å². The van der Waals surface area contributed by atoms with Crippen LogP contribution in [0, 0.1) is 0 Å². The van der Waals surface area contributed by atoms with Crippen LogP contribution in [0.2, 0.25) is 0 Å². The molecule has 1 fully saturated rings. The van der Waals surface area contributed by atoms with Crippen molar-refractivity contribution >= 4 is 11.8 Å². The molecule has 2 N–H and O–H groups in total. The van der Waals surface area contributed by atoms with Gasteiger partial charge in [0.25, 0.3) is 0 Å². The molecule has 0 spiro atoms. The topological polar surface area (TPSA) is 86.5 Å². The number of aromatic nitrogens is 2. The number of carboxylic acids is 1. The molecule has 0 saturated carbocycles. The number of aliphatic hydroxyl groups is 1. The fraction of sp³-hybridized carbons (Fsp3) is 0.545. The average Bonchev–Trinajstić information content (AvgIpc) is 2.38. The minimum Gasteiger partial charge on any atom is -0.479 e. The molecule has 1 unspecified atom stereocenters. The van der Waals surface area contributed by atoms with Crippen LogP contribution in [0.5, 0.6) is 0 Å². The zero-order chi connectivity index (χ0) is 15.0. The van der Waals surface area contributed by atoms with E-state index in [1.807, 2.05) is 0 Å². The number of β-amino-alcohol motifs (C(OH)–C–C–N with tert-alkyl or cyclic N) is 1. The van der Waals surface area contributed by atoms with Crippen LogP contribution in [-0.4, -0.2) is 45.1 Å². The molecule has 1 saturated heterocycles. The Balaban J connectivity index is 2.18. The van der Waals surface area contributed by atoms with Crippen molar-refractivity contribution in [3.63, 3.8) is 0 Å². The first-order chi connectivity index (χ1) is 9.22. The first-order valence-electron chi connectivity index (χ1n) is 5.84. The number of alkyl halides is 3. The van der Waals surface area contributed by atoms with Gasteiger partial charge in [0.2, 0.25) is 0 Å². The van der Waals surface area contributed by atoms with Crippen molar-refractivity contribution in [2.24, 2.45) is 0 Å². The van der Waals surface area contributed by atoms with E-state index in [1.54, 1.807) is 0 Å². The second-order valence-corrected chi connectivity index (χ2v) is 4.64. The molecule has 0 aromatic carbocycles. The standard InChI is InChI=1S/C11H12F3N3O3/c12-11(13,14)7-2-3-8(16-15-7)17-5-1-4-10(20,6-17)9(18)19/h2-3,20H,1,4-6H2,(H,18,19). The smallest absolute Gasteiger partial charge is 0.435 e. The molecule has 0 bridgehead atoms. The van der Waals surface area contributed by atoms with Crippen LogP contribution in [0.4, 0.5) is 19.0 Å². The summed E-state index contributed by atoms with van der Waals surface area (Å²) in [4.78, 5) is 12.4. The van der Waals surface area contributed by atoms with Crippen LogP contribution < -0.4 is 4.90 Å². The monoisotopic (exact) mass is 291 g/mol. The quantitative estimate of drug-likeness (QED) is 0.842. The van der Waals surface area contributed by atoms with Crippen molar-refractivity contribution in [1.29, 1.82) is 0 Å². The largest absolute Gasteiger partial charge is 0.479 e. The molecule has 9 heteroatoms. The predicted molar refractivity (Wildman–Crippen MR) is 61.1 cm³/mol. The van der Waals surface area contributed by atoms with E-state index in [4.69, 9.17) is 5.11 Å². The van der Waals surface area contributed by atoms with Crippen LogP contribution in [-0.2, 0) is 11.0 Å². The zero-order valence-corrected chi connectivity index (χ0v) is 10.3. The van der Waals surface area contributed by atoms with E-state index in [1.165, 1.54) is 4.90 Å². The Kier molecular flexibility index (Phi) is 3.55. The normalized spacial score (nSPS) is 23.7. The molecule has 0 aliphatic carbocycles. The molecule has 20 heavy (non-hydrogen) atoms. The SMILES string of the molecule is O=C(O)C1(O)CCCN(c2ccc(C(F)(F)F)nn2)C1. The Morgan fingerprint density at radius 1 is 1.35 bits per heavy atom. The number of hydrogen-bond donors (Lipinski definition) is 2. The highest BCUT2D eigenvalue weighted by molar-refractivity contribution is 5.78. The summed E-state index contributed by atoms with van der Waals surface area (Å²) in [6.45, 7) is 0.165. The summed E-state index contributed by atoms with van der Waals surface area (Å²) < 4.78 is 37.1. The average molecular weight is 291 g/mol. The van der Waals surface area contributed by atoms with E-state index in [-0.39, 0.29) is 18.8 Å². The highest BCUT2D eigenvalue weighted by Crippen LogP contribution is 2.29. The summed E-state index contributed by atoms with van der Waals surface area (Å²) >= 11 is 0. The second kappa shape index (κ2) is 4.89. The van der Waals surface area contributed by atoms with E-state index in [2.05, 4.69) is 10.2 Å². The highest BCUT2D eigenvalue weighted by Gasteiger charge is 2.41. The van der Waals surface area contributed by atoms with Gasteiger partial charge in [-0.3, -0.25) is 0 Å². The Labute approximate surface area is 111 Å². The molecular weight excluding hydrogens is 279 g/mol. The maximum atomic E-state index is 12.4. The molecule has 1 aromatic rings. The van der Waals surface area contributed by atoms with Crippen molar-refractivity contribution in [1.82, 2.24) is 10.2 Å². The summed E-state index contributed by atoms with van der Waals surface area (Å²) in [6.07, 6.45) is -4.09. The third-order valence-electron chi connectivity index (χ3n) is 3.13. The number of hydrogen-bond acceptors (Lipinski definition) is 5. The lowest BCUT2D eigenvalue weighted by atomic mass is 9.93. The maximum Gasteiger partial charge on any atom is 0.435 e. The third-order valence-corrected chi connectivity index (χ3v) is 3.13. The molecule has 1 aliphatic heterocycles. The van der Waals surface area contributed by atoms with Crippen molar-refractivity contribution in [2.75, 3.05) is 18.0 Å². The number of halogens is 3. The zero-order valence-electron chi connectivity index (χ0n) is 10.3. The Hall–Kier alpha value is -1.90. The molecule has 0 amide bonds. The van der Waals surface area contributed by atoms with Gasteiger partial charge in [-0.1, -0.05) is 0 Å². The number of anilines is 1. The Morgan fingerprint density at radius 2 is 2.05 bits per heavy atom. The van der Waals surface area contributed by atoms with Gasteiger partial charge in [-0.05, 0) is 25.0 Å². The summed E-state index contributed by atoms with van der Waals surface area (Å²) in [6, 6.07) is 1.89. The Morgan fingerprint density at radius 3 is 2.55 bits per heavy atom. The molecule has 1 aromatic heterocycles. The van der Waals surface area contributed by atoms with E-state index < -0.39 is 23.4 Å². The first kappa shape index (κ1) is 14.5. The summed E-state index contributed by atoms with van der Waals surface area (Å²) in [7, 11) is 0. The second-order valence-electron chi connectivity index (χ2n) is 4.64. The summed E-state index contributed by atoms with van der Waals surface area (Å²) in [5.41, 5.74) is -3.03. The number of carboxylic acid groups (broad SMARTS) is 1. The van der Waals surface area contributed by atoms with Crippen molar-refractivity contribution in [3.05, 3.63) is 17.8 Å². The van der Waals surface area contributed by atoms with Gasteiger partial charge in [0, 0.05) is 6.54 Å². The number of carbonyl (C=O) groups is 1. The predicted octanol–water partition coefficient (Wildman–Crippen LogP) is 0.911. The number of aliphatic carboxylic acids is 1. The van der Waals surface area contributed by atoms with Crippen LogP contribution >= 0.6 is 0 Å². The van der Waals surface area contributed by atoms with E-state index >= 15 is 0 Å². The summed E-state index contributed by atoms with van der Waals surface area (Å²) in [5.74, 6) is -1.25. The summed E-state index contributed by atoms with van der Waals surface area (Å²) in [5, 5.41) is 25.4. The van der Waals surface area contributed by atoms with Gasteiger partial charge in [-0.15, -0.1) is 10.2 Å². The van der Waals surface area contributed by atoms with Gasteiger partial charge >= 0.3 is 12.1 Å².